The van der Waals surface area contributed by atoms with E-state index in [0.29, 0.717) is 17.7 Å². The second kappa shape index (κ2) is 6.75. The van der Waals surface area contributed by atoms with Gasteiger partial charge >= 0.3 is 12.4 Å². The molecule has 2 aromatic rings. The van der Waals surface area contributed by atoms with Gasteiger partial charge in [-0.05, 0) is 29.7 Å². The van der Waals surface area contributed by atoms with Crippen LogP contribution in [0, 0.1) is 0 Å². The fourth-order valence-electron chi connectivity index (χ4n) is 2.36. The van der Waals surface area contributed by atoms with Crippen molar-refractivity contribution in [3.63, 3.8) is 0 Å². The zero-order valence-electron chi connectivity index (χ0n) is 12.6. The van der Waals surface area contributed by atoms with Gasteiger partial charge in [-0.3, -0.25) is 0 Å². The van der Waals surface area contributed by atoms with Crippen molar-refractivity contribution in [3.8, 4) is 5.75 Å². The minimum absolute atomic E-state index is 0.124. The fraction of sp³-hybridized carbons (Fsp3) is 0.294. The molecule has 0 aliphatic rings. The Morgan fingerprint density at radius 2 is 1.33 bits per heavy atom. The second-order valence-corrected chi connectivity index (χ2v) is 5.12. The van der Waals surface area contributed by atoms with Crippen LogP contribution >= 0.6 is 0 Å². The molecular formula is C17H14F6O. The monoisotopic (exact) mass is 348 g/mol. The van der Waals surface area contributed by atoms with Gasteiger partial charge in [0.1, 0.15) is 12.4 Å². The van der Waals surface area contributed by atoms with Gasteiger partial charge in [-0.1, -0.05) is 37.3 Å². The highest BCUT2D eigenvalue weighted by Gasteiger charge is 2.41. The number of ether oxygens (including phenoxy) is 1. The lowest BCUT2D eigenvalue weighted by molar-refractivity contribution is -0.144. The normalized spacial score (nSPS) is 12.3. The quantitative estimate of drug-likeness (QED) is 0.628. The van der Waals surface area contributed by atoms with Crippen molar-refractivity contribution >= 4 is 0 Å². The lowest BCUT2D eigenvalue weighted by Gasteiger charge is -2.20. The van der Waals surface area contributed by atoms with Crippen LogP contribution < -0.4 is 4.74 Å². The van der Waals surface area contributed by atoms with Gasteiger partial charge in [0.05, 0.1) is 11.1 Å². The maximum absolute atomic E-state index is 13.1. The molecule has 0 spiro atoms. The highest BCUT2D eigenvalue weighted by Crippen LogP contribution is 2.42. The number of alkyl halides is 6. The molecule has 0 atom stereocenters. The Bertz CT molecular complexity index is 653. The molecule has 2 aromatic carbocycles. The van der Waals surface area contributed by atoms with E-state index in [0.717, 1.165) is 0 Å². The molecule has 24 heavy (non-hydrogen) atoms. The van der Waals surface area contributed by atoms with Crippen LogP contribution in [-0.2, 0) is 25.4 Å². The molecule has 1 nitrogen and oxygen atoms in total. The zero-order chi connectivity index (χ0) is 18.0. The molecular weight excluding hydrogens is 334 g/mol. The third-order valence-electron chi connectivity index (χ3n) is 3.44. The predicted molar refractivity (Wildman–Crippen MR) is 76.6 cm³/mol. The Kier molecular flexibility index (Phi) is 5.11. The van der Waals surface area contributed by atoms with Crippen molar-refractivity contribution in [1.29, 1.82) is 0 Å². The Labute approximate surface area is 134 Å². The number of hydrogen-bond donors (Lipinski definition) is 0. The molecule has 0 aliphatic heterocycles. The minimum Gasteiger partial charge on any atom is -0.489 e. The highest BCUT2D eigenvalue weighted by molar-refractivity contribution is 5.45. The van der Waals surface area contributed by atoms with Crippen LogP contribution in [0.15, 0.2) is 42.5 Å². The maximum Gasteiger partial charge on any atom is 0.416 e. The number of benzene rings is 2. The molecule has 0 fully saturated rings. The maximum atomic E-state index is 13.1. The van der Waals surface area contributed by atoms with Gasteiger partial charge in [0.25, 0.3) is 0 Å². The smallest absolute Gasteiger partial charge is 0.416 e. The molecule has 0 saturated carbocycles. The molecule has 2 rings (SSSR count). The molecule has 0 radical (unpaired) electrons. The van der Waals surface area contributed by atoms with E-state index in [4.69, 9.17) is 4.74 Å². The molecule has 0 bridgehead atoms. The molecule has 130 valence electrons. The molecule has 0 heterocycles. The average Bonchev–Trinajstić information content (AvgIpc) is 2.51. The Hall–Kier alpha value is -2.18. The SMILES string of the molecule is CCc1c(C(F)(F)F)cc(OCc2ccccc2)cc1C(F)(F)F. The summed E-state index contributed by atoms with van der Waals surface area (Å²) in [5, 5.41) is 0. The number of halogens is 6. The van der Waals surface area contributed by atoms with Crippen LogP contribution in [0.1, 0.15) is 29.2 Å². The van der Waals surface area contributed by atoms with Gasteiger partial charge in [0.15, 0.2) is 0 Å². The minimum atomic E-state index is -4.89. The molecule has 0 N–H and O–H groups in total. The molecule has 7 heteroatoms. The van der Waals surface area contributed by atoms with Gasteiger partial charge in [0.2, 0.25) is 0 Å². The molecule has 0 amide bonds. The Morgan fingerprint density at radius 3 is 1.75 bits per heavy atom. The van der Waals surface area contributed by atoms with Crippen molar-refractivity contribution in [2.75, 3.05) is 0 Å². The third kappa shape index (κ3) is 4.21. The third-order valence-corrected chi connectivity index (χ3v) is 3.44. The van der Waals surface area contributed by atoms with E-state index < -0.39 is 34.8 Å². The van der Waals surface area contributed by atoms with Crippen LogP contribution in [0.2, 0.25) is 0 Å². The van der Waals surface area contributed by atoms with E-state index in [2.05, 4.69) is 0 Å². The lowest BCUT2D eigenvalue weighted by atomic mass is 9.97. The first-order valence-corrected chi connectivity index (χ1v) is 7.11. The van der Waals surface area contributed by atoms with Gasteiger partial charge in [-0.2, -0.15) is 26.3 Å². The van der Waals surface area contributed by atoms with E-state index >= 15 is 0 Å². The van der Waals surface area contributed by atoms with Crippen molar-refractivity contribution in [2.24, 2.45) is 0 Å². The van der Waals surface area contributed by atoms with E-state index in [9.17, 15) is 26.3 Å². The first-order chi connectivity index (χ1) is 11.1. The largest absolute Gasteiger partial charge is 0.489 e. The van der Waals surface area contributed by atoms with Crippen LogP contribution in [0.5, 0.6) is 5.75 Å². The van der Waals surface area contributed by atoms with Crippen molar-refractivity contribution in [3.05, 3.63) is 64.7 Å². The Morgan fingerprint density at radius 1 is 0.833 bits per heavy atom. The summed E-state index contributed by atoms with van der Waals surface area (Å²) in [6, 6.07) is 9.70. The number of hydrogen-bond acceptors (Lipinski definition) is 1. The van der Waals surface area contributed by atoms with Crippen molar-refractivity contribution < 1.29 is 31.1 Å². The predicted octanol–water partition coefficient (Wildman–Crippen LogP) is 5.87. The summed E-state index contributed by atoms with van der Waals surface area (Å²) in [7, 11) is 0. The van der Waals surface area contributed by atoms with Crippen LogP contribution in [0.3, 0.4) is 0 Å². The molecule has 0 aliphatic carbocycles. The Balaban J connectivity index is 2.45. The van der Waals surface area contributed by atoms with Crippen LogP contribution in [0.25, 0.3) is 0 Å². The second-order valence-electron chi connectivity index (χ2n) is 5.12. The molecule has 0 aromatic heterocycles. The summed E-state index contributed by atoms with van der Waals surface area (Å²) in [4.78, 5) is 0. The van der Waals surface area contributed by atoms with E-state index in [1.807, 2.05) is 0 Å². The summed E-state index contributed by atoms with van der Waals surface area (Å²) >= 11 is 0. The van der Waals surface area contributed by atoms with Gasteiger partial charge in [-0.15, -0.1) is 0 Å². The van der Waals surface area contributed by atoms with Crippen molar-refractivity contribution in [2.45, 2.75) is 32.3 Å². The first kappa shape index (κ1) is 18.2. The van der Waals surface area contributed by atoms with E-state index in [1.165, 1.54) is 6.92 Å². The standard InChI is InChI=1S/C17H14F6O/c1-2-13-14(16(18,19)20)8-12(9-15(13)17(21,22)23)24-10-11-6-4-3-5-7-11/h3-9H,2,10H2,1H3. The fourth-order valence-corrected chi connectivity index (χ4v) is 2.36. The van der Waals surface area contributed by atoms with Crippen LogP contribution in [-0.4, -0.2) is 0 Å². The summed E-state index contributed by atoms with van der Waals surface area (Å²) in [6.45, 7) is 1.13. The van der Waals surface area contributed by atoms with Gasteiger partial charge < -0.3 is 4.74 Å². The van der Waals surface area contributed by atoms with Gasteiger partial charge in [-0.25, -0.2) is 0 Å². The topological polar surface area (TPSA) is 9.23 Å². The zero-order valence-corrected chi connectivity index (χ0v) is 12.6. The lowest BCUT2D eigenvalue weighted by Crippen LogP contribution is -2.16. The summed E-state index contributed by atoms with van der Waals surface area (Å²) in [5.41, 5.74) is -2.77. The summed E-state index contributed by atoms with van der Waals surface area (Å²) in [5.74, 6) is -0.462. The highest BCUT2D eigenvalue weighted by atomic mass is 19.4. The summed E-state index contributed by atoms with van der Waals surface area (Å²) in [6.07, 6.45) is -10.2. The number of rotatable bonds is 4. The van der Waals surface area contributed by atoms with Crippen LogP contribution in [0.4, 0.5) is 26.3 Å². The van der Waals surface area contributed by atoms with E-state index in [1.54, 1.807) is 30.3 Å². The molecule has 0 saturated heterocycles. The molecule has 0 unspecified atom stereocenters. The average molecular weight is 348 g/mol. The van der Waals surface area contributed by atoms with Crippen molar-refractivity contribution in [1.82, 2.24) is 0 Å². The van der Waals surface area contributed by atoms with E-state index in [-0.39, 0.29) is 13.0 Å². The first-order valence-electron chi connectivity index (χ1n) is 7.11. The summed E-state index contributed by atoms with van der Waals surface area (Å²) < 4.78 is 83.9. The van der Waals surface area contributed by atoms with Gasteiger partial charge in [0, 0.05) is 0 Å².